The summed E-state index contributed by atoms with van der Waals surface area (Å²) < 4.78 is 10.9. The van der Waals surface area contributed by atoms with Crippen LogP contribution in [0.15, 0.2) is 18.2 Å². The third kappa shape index (κ3) is 2.37. The maximum Gasteiger partial charge on any atom is 0.102 e. The highest BCUT2D eigenvalue weighted by molar-refractivity contribution is 5.58. The standard InChI is InChI=1S/C13H20N2O2/c1-9-6-10(4-5-11(9)14)15-7-12(16-2)13(8-15)17-3/h4-6,12-13H,7-8,14H2,1-3H3. The topological polar surface area (TPSA) is 47.7 Å². The van der Waals surface area contributed by atoms with Gasteiger partial charge in [0.1, 0.15) is 12.2 Å². The molecule has 17 heavy (non-hydrogen) atoms. The van der Waals surface area contributed by atoms with Gasteiger partial charge < -0.3 is 20.1 Å². The number of aryl methyl sites for hydroxylation is 1. The average Bonchev–Trinajstić information content (AvgIpc) is 2.75. The van der Waals surface area contributed by atoms with Gasteiger partial charge in [-0.1, -0.05) is 0 Å². The smallest absolute Gasteiger partial charge is 0.102 e. The van der Waals surface area contributed by atoms with E-state index in [2.05, 4.69) is 11.0 Å². The number of ether oxygens (including phenoxy) is 2. The van der Waals surface area contributed by atoms with Crippen LogP contribution in [0.3, 0.4) is 0 Å². The molecule has 0 aromatic heterocycles. The Morgan fingerprint density at radius 1 is 1.18 bits per heavy atom. The van der Waals surface area contributed by atoms with Gasteiger partial charge in [0.2, 0.25) is 0 Å². The molecule has 1 aromatic carbocycles. The molecule has 0 saturated carbocycles. The van der Waals surface area contributed by atoms with Crippen LogP contribution in [0.1, 0.15) is 5.56 Å². The van der Waals surface area contributed by atoms with E-state index >= 15 is 0 Å². The number of nitrogen functional groups attached to an aromatic ring is 1. The third-order valence-corrected chi connectivity index (χ3v) is 3.44. The van der Waals surface area contributed by atoms with E-state index in [1.807, 2.05) is 19.1 Å². The van der Waals surface area contributed by atoms with E-state index in [0.717, 1.165) is 24.3 Å². The number of methoxy groups -OCH3 is 2. The Kier molecular flexibility index (Phi) is 3.54. The minimum Gasteiger partial charge on any atom is -0.399 e. The molecule has 94 valence electrons. The second-order valence-corrected chi connectivity index (χ2v) is 4.49. The molecule has 2 unspecified atom stereocenters. The van der Waals surface area contributed by atoms with Gasteiger partial charge >= 0.3 is 0 Å². The van der Waals surface area contributed by atoms with Gasteiger partial charge in [0, 0.05) is 38.7 Å². The van der Waals surface area contributed by atoms with Crippen molar-refractivity contribution in [1.29, 1.82) is 0 Å². The molecule has 1 aliphatic heterocycles. The van der Waals surface area contributed by atoms with Gasteiger partial charge in [0.15, 0.2) is 0 Å². The van der Waals surface area contributed by atoms with Gasteiger partial charge in [-0.2, -0.15) is 0 Å². The highest BCUT2D eigenvalue weighted by Crippen LogP contribution is 2.26. The van der Waals surface area contributed by atoms with Crippen LogP contribution in [-0.4, -0.2) is 39.5 Å². The Hall–Kier alpha value is -1.26. The molecular formula is C13H20N2O2. The Morgan fingerprint density at radius 2 is 1.76 bits per heavy atom. The molecular weight excluding hydrogens is 216 g/mol. The minimum atomic E-state index is 0.137. The Morgan fingerprint density at radius 3 is 2.24 bits per heavy atom. The molecule has 2 N–H and O–H groups in total. The van der Waals surface area contributed by atoms with E-state index in [1.54, 1.807) is 14.2 Å². The number of hydrogen-bond donors (Lipinski definition) is 1. The zero-order chi connectivity index (χ0) is 12.4. The first-order valence-electron chi connectivity index (χ1n) is 5.82. The first-order chi connectivity index (χ1) is 8.15. The van der Waals surface area contributed by atoms with Crippen LogP contribution >= 0.6 is 0 Å². The number of hydrogen-bond acceptors (Lipinski definition) is 4. The summed E-state index contributed by atoms with van der Waals surface area (Å²) in [4.78, 5) is 2.27. The number of anilines is 2. The van der Waals surface area contributed by atoms with E-state index in [0.29, 0.717) is 0 Å². The van der Waals surface area contributed by atoms with Crippen molar-refractivity contribution in [3.63, 3.8) is 0 Å². The second-order valence-electron chi connectivity index (χ2n) is 4.49. The monoisotopic (exact) mass is 236 g/mol. The molecule has 0 radical (unpaired) electrons. The number of nitrogens with two attached hydrogens (primary N) is 1. The molecule has 1 heterocycles. The average molecular weight is 236 g/mol. The lowest BCUT2D eigenvalue weighted by Gasteiger charge is -2.19. The van der Waals surface area contributed by atoms with Crippen molar-refractivity contribution in [3.05, 3.63) is 23.8 Å². The van der Waals surface area contributed by atoms with Crippen LogP contribution in [0.4, 0.5) is 11.4 Å². The SMILES string of the molecule is COC1CN(c2ccc(N)c(C)c2)CC1OC. The lowest BCUT2D eigenvalue weighted by atomic mass is 10.2. The summed E-state index contributed by atoms with van der Waals surface area (Å²) in [6.45, 7) is 3.74. The summed E-state index contributed by atoms with van der Waals surface area (Å²) >= 11 is 0. The Balaban J connectivity index is 2.16. The molecule has 0 aliphatic carbocycles. The molecule has 2 atom stereocenters. The van der Waals surface area contributed by atoms with Crippen molar-refractivity contribution in [2.75, 3.05) is 37.9 Å². The largest absolute Gasteiger partial charge is 0.399 e. The molecule has 1 aromatic rings. The molecule has 4 nitrogen and oxygen atoms in total. The van der Waals surface area contributed by atoms with Crippen molar-refractivity contribution >= 4 is 11.4 Å². The summed E-state index contributed by atoms with van der Waals surface area (Å²) in [5.74, 6) is 0. The zero-order valence-corrected chi connectivity index (χ0v) is 10.6. The van der Waals surface area contributed by atoms with Crippen LogP contribution in [0.25, 0.3) is 0 Å². The summed E-state index contributed by atoms with van der Waals surface area (Å²) in [7, 11) is 3.46. The van der Waals surface area contributed by atoms with E-state index in [9.17, 15) is 0 Å². The molecule has 0 spiro atoms. The van der Waals surface area contributed by atoms with Crippen molar-refractivity contribution in [2.24, 2.45) is 0 Å². The van der Waals surface area contributed by atoms with E-state index in [1.165, 1.54) is 5.69 Å². The second kappa shape index (κ2) is 4.94. The van der Waals surface area contributed by atoms with E-state index in [4.69, 9.17) is 15.2 Å². The molecule has 1 fully saturated rings. The highest BCUT2D eigenvalue weighted by atomic mass is 16.5. The van der Waals surface area contributed by atoms with Crippen LogP contribution in [0.2, 0.25) is 0 Å². The highest BCUT2D eigenvalue weighted by Gasteiger charge is 2.33. The summed E-state index contributed by atoms with van der Waals surface area (Å²) in [6, 6.07) is 6.11. The number of rotatable bonds is 3. The molecule has 0 bridgehead atoms. The molecule has 2 rings (SSSR count). The molecule has 4 heteroatoms. The van der Waals surface area contributed by atoms with Gasteiger partial charge in [-0.3, -0.25) is 0 Å². The fourth-order valence-corrected chi connectivity index (χ4v) is 2.26. The predicted molar refractivity (Wildman–Crippen MR) is 69.4 cm³/mol. The zero-order valence-electron chi connectivity index (χ0n) is 10.6. The lowest BCUT2D eigenvalue weighted by molar-refractivity contribution is -0.00461. The van der Waals surface area contributed by atoms with Gasteiger partial charge in [-0.25, -0.2) is 0 Å². The van der Waals surface area contributed by atoms with Gasteiger partial charge in [-0.05, 0) is 30.7 Å². The Bertz CT molecular complexity index is 383. The Labute approximate surface area is 102 Å². The third-order valence-electron chi connectivity index (χ3n) is 3.44. The number of benzene rings is 1. The van der Waals surface area contributed by atoms with Crippen molar-refractivity contribution in [1.82, 2.24) is 0 Å². The fourth-order valence-electron chi connectivity index (χ4n) is 2.26. The van der Waals surface area contributed by atoms with Crippen molar-refractivity contribution in [3.8, 4) is 0 Å². The summed E-state index contributed by atoms with van der Waals surface area (Å²) in [6.07, 6.45) is 0.274. The minimum absolute atomic E-state index is 0.137. The van der Waals surface area contributed by atoms with Crippen molar-refractivity contribution < 1.29 is 9.47 Å². The molecule has 0 amide bonds. The van der Waals surface area contributed by atoms with Gasteiger partial charge in [0.05, 0.1) is 0 Å². The fraction of sp³-hybridized carbons (Fsp3) is 0.538. The molecule has 1 aliphatic rings. The van der Waals surface area contributed by atoms with Crippen LogP contribution in [0.5, 0.6) is 0 Å². The van der Waals surface area contributed by atoms with Crippen molar-refractivity contribution in [2.45, 2.75) is 19.1 Å². The quantitative estimate of drug-likeness (QED) is 0.806. The van der Waals surface area contributed by atoms with Crippen LogP contribution < -0.4 is 10.6 Å². The first-order valence-corrected chi connectivity index (χ1v) is 5.82. The van der Waals surface area contributed by atoms with Gasteiger partial charge in [-0.15, -0.1) is 0 Å². The lowest BCUT2D eigenvalue weighted by Crippen LogP contribution is -2.27. The maximum absolute atomic E-state index is 5.83. The van der Waals surface area contributed by atoms with E-state index in [-0.39, 0.29) is 12.2 Å². The maximum atomic E-state index is 5.83. The van der Waals surface area contributed by atoms with Crippen LogP contribution in [0, 0.1) is 6.92 Å². The van der Waals surface area contributed by atoms with E-state index < -0.39 is 0 Å². The van der Waals surface area contributed by atoms with Crippen LogP contribution in [-0.2, 0) is 9.47 Å². The predicted octanol–water partition coefficient (Wildman–Crippen LogP) is 1.43. The summed E-state index contributed by atoms with van der Waals surface area (Å²) in [5.41, 5.74) is 8.95. The van der Waals surface area contributed by atoms with Gasteiger partial charge in [0.25, 0.3) is 0 Å². The first kappa shape index (κ1) is 12.2. The number of nitrogens with zero attached hydrogens (tertiary/aromatic N) is 1. The summed E-state index contributed by atoms with van der Waals surface area (Å²) in [5, 5.41) is 0. The normalized spacial score (nSPS) is 24.3. The molecule has 1 saturated heterocycles.